The lowest BCUT2D eigenvalue weighted by Gasteiger charge is -2.21. The molecule has 0 aromatic heterocycles. The van der Waals surface area contributed by atoms with Gasteiger partial charge in [-0.15, -0.1) is 0 Å². The number of carbonyl (C=O) groups is 4. The fourth-order valence-electron chi connectivity index (χ4n) is 12.3. The van der Waals surface area contributed by atoms with E-state index in [2.05, 4.69) is 72.8 Å². The van der Waals surface area contributed by atoms with Crippen molar-refractivity contribution in [2.24, 2.45) is 17.8 Å². The fraction of sp³-hybridized carbons (Fsp3) is 0.904. The van der Waals surface area contributed by atoms with Crippen molar-refractivity contribution < 1.29 is 80.2 Å². The Morgan fingerprint density at radius 1 is 0.304 bits per heavy atom. The van der Waals surface area contributed by atoms with Crippen LogP contribution in [0.15, 0.2) is 24.3 Å². The number of unbranched alkanes of at least 4 members (excludes halogenated alkanes) is 44. The van der Waals surface area contributed by atoms with Crippen LogP contribution in [0.25, 0.3) is 0 Å². The first kappa shape index (κ1) is 99.5. The second-order valence-corrected chi connectivity index (χ2v) is 33.5. The molecular formula is C83H158O17P2. The predicted molar refractivity (Wildman–Crippen MR) is 418 cm³/mol. The van der Waals surface area contributed by atoms with Crippen LogP contribution in [0.4, 0.5) is 0 Å². The molecule has 0 aromatic rings. The second kappa shape index (κ2) is 72.7. The molecular weight excluding hydrogens is 1330 g/mol. The van der Waals surface area contributed by atoms with E-state index in [0.717, 1.165) is 121 Å². The molecule has 0 saturated heterocycles. The van der Waals surface area contributed by atoms with Gasteiger partial charge in [-0.05, 0) is 69.1 Å². The molecule has 3 N–H and O–H groups in total. The molecule has 0 aromatic carbocycles. The summed E-state index contributed by atoms with van der Waals surface area (Å²) in [4.78, 5) is 73.1. The van der Waals surface area contributed by atoms with Crippen LogP contribution in [-0.4, -0.2) is 96.7 Å². The van der Waals surface area contributed by atoms with Crippen LogP contribution in [-0.2, 0) is 65.4 Å². The lowest BCUT2D eigenvalue weighted by atomic mass is 10.0. The molecule has 0 aliphatic carbocycles. The number of aliphatic hydroxyl groups excluding tert-OH is 1. The Balaban J connectivity index is 5.25. The van der Waals surface area contributed by atoms with Gasteiger partial charge in [0.05, 0.1) is 26.4 Å². The molecule has 19 heteroatoms. The third-order valence-electron chi connectivity index (χ3n) is 18.8. The van der Waals surface area contributed by atoms with Gasteiger partial charge in [0.2, 0.25) is 0 Å². The molecule has 0 aliphatic rings. The van der Waals surface area contributed by atoms with Gasteiger partial charge >= 0.3 is 39.5 Å². The van der Waals surface area contributed by atoms with Gasteiger partial charge in [0.1, 0.15) is 19.3 Å². The van der Waals surface area contributed by atoms with Crippen LogP contribution in [0.3, 0.4) is 0 Å². The van der Waals surface area contributed by atoms with E-state index in [1.165, 1.54) is 199 Å². The van der Waals surface area contributed by atoms with Crippen molar-refractivity contribution in [1.29, 1.82) is 0 Å². The first-order chi connectivity index (χ1) is 49.2. The average molecular weight is 1490 g/mol. The van der Waals surface area contributed by atoms with Crippen LogP contribution in [0.1, 0.15) is 408 Å². The lowest BCUT2D eigenvalue weighted by Crippen LogP contribution is -2.30. The number of esters is 4. The van der Waals surface area contributed by atoms with E-state index in [-0.39, 0.29) is 25.7 Å². The van der Waals surface area contributed by atoms with E-state index < -0.39 is 97.5 Å². The number of hydrogen-bond acceptors (Lipinski definition) is 15. The normalized spacial score (nSPS) is 14.1. The quantitative estimate of drug-likeness (QED) is 0.0169. The van der Waals surface area contributed by atoms with E-state index in [1.54, 1.807) is 0 Å². The number of hydrogen-bond donors (Lipinski definition) is 3. The minimum atomic E-state index is -4.97. The largest absolute Gasteiger partial charge is 0.472 e. The van der Waals surface area contributed by atoms with Gasteiger partial charge in [-0.2, -0.15) is 0 Å². The van der Waals surface area contributed by atoms with Crippen LogP contribution >= 0.6 is 15.6 Å². The van der Waals surface area contributed by atoms with E-state index in [4.69, 9.17) is 37.0 Å². The zero-order valence-corrected chi connectivity index (χ0v) is 68.4. The smallest absolute Gasteiger partial charge is 0.462 e. The van der Waals surface area contributed by atoms with Gasteiger partial charge < -0.3 is 33.8 Å². The Bertz CT molecular complexity index is 2070. The summed E-state index contributed by atoms with van der Waals surface area (Å²) >= 11 is 0. The number of carbonyl (C=O) groups excluding carboxylic acids is 4. The van der Waals surface area contributed by atoms with E-state index in [0.29, 0.717) is 31.6 Å². The summed E-state index contributed by atoms with van der Waals surface area (Å²) in [6, 6.07) is 0. The number of rotatable bonds is 79. The molecule has 0 amide bonds. The van der Waals surface area contributed by atoms with Crippen molar-refractivity contribution in [3.8, 4) is 0 Å². The van der Waals surface area contributed by atoms with Gasteiger partial charge in [-0.3, -0.25) is 37.3 Å². The zero-order chi connectivity index (χ0) is 75.1. The summed E-state index contributed by atoms with van der Waals surface area (Å²) in [6.45, 7) is 11.9. The van der Waals surface area contributed by atoms with Crippen molar-refractivity contribution in [2.45, 2.75) is 426 Å². The summed E-state index contributed by atoms with van der Waals surface area (Å²) in [5.41, 5.74) is 0. The maximum absolute atomic E-state index is 13.1. The SMILES string of the molecule is CCCCCC/C=C\C=C/CCCCCCCC(=O)O[C@H](COC(=O)CCCCCCCCCCCCCCCCCCC(C)C)COP(=O)(O)OCC(O)COP(=O)(O)OC[C@@H](COC(=O)CCCCCCCCCC(C)C)OC(=O)CCCCCCCCCCCCCCCCCC(C)C. The van der Waals surface area contributed by atoms with Gasteiger partial charge in [-0.1, -0.05) is 355 Å². The van der Waals surface area contributed by atoms with Gasteiger partial charge in [0.15, 0.2) is 12.2 Å². The Kier molecular flexibility index (Phi) is 71.0. The molecule has 3 unspecified atom stereocenters. The van der Waals surface area contributed by atoms with Crippen molar-refractivity contribution in [3.63, 3.8) is 0 Å². The topological polar surface area (TPSA) is 237 Å². The van der Waals surface area contributed by atoms with Crippen LogP contribution < -0.4 is 0 Å². The molecule has 602 valence electrons. The Hall–Kier alpha value is -2.46. The predicted octanol–water partition coefficient (Wildman–Crippen LogP) is 24.5. The highest BCUT2D eigenvalue weighted by Gasteiger charge is 2.30. The van der Waals surface area contributed by atoms with Crippen LogP contribution in [0.2, 0.25) is 0 Å². The molecule has 5 atom stereocenters. The summed E-state index contributed by atoms with van der Waals surface area (Å²) in [6.07, 6.45) is 64.7. The Morgan fingerprint density at radius 2 is 0.529 bits per heavy atom. The molecule has 0 saturated carbocycles. The number of aliphatic hydroxyl groups is 1. The molecule has 0 fully saturated rings. The average Bonchev–Trinajstić information content (AvgIpc) is 0.950. The van der Waals surface area contributed by atoms with Gasteiger partial charge in [0, 0.05) is 25.7 Å². The van der Waals surface area contributed by atoms with E-state index in [9.17, 15) is 43.2 Å². The molecule has 0 radical (unpaired) electrons. The highest BCUT2D eigenvalue weighted by molar-refractivity contribution is 7.47. The maximum Gasteiger partial charge on any atom is 0.472 e. The summed E-state index contributed by atoms with van der Waals surface area (Å²) < 4.78 is 68.7. The van der Waals surface area contributed by atoms with Crippen molar-refractivity contribution >= 4 is 39.5 Å². The molecule has 0 bridgehead atoms. The highest BCUT2D eigenvalue weighted by atomic mass is 31.2. The van der Waals surface area contributed by atoms with Gasteiger partial charge in [0.25, 0.3) is 0 Å². The van der Waals surface area contributed by atoms with Crippen molar-refractivity contribution in [3.05, 3.63) is 24.3 Å². The summed E-state index contributed by atoms with van der Waals surface area (Å²) in [5, 5.41) is 10.6. The molecule has 17 nitrogen and oxygen atoms in total. The lowest BCUT2D eigenvalue weighted by molar-refractivity contribution is -0.161. The van der Waals surface area contributed by atoms with Crippen LogP contribution in [0.5, 0.6) is 0 Å². The highest BCUT2D eigenvalue weighted by Crippen LogP contribution is 2.45. The first-order valence-electron chi connectivity index (χ1n) is 42.2. The molecule has 0 heterocycles. The Labute approximate surface area is 624 Å². The monoisotopic (exact) mass is 1490 g/mol. The second-order valence-electron chi connectivity index (χ2n) is 30.6. The number of phosphoric ester groups is 2. The van der Waals surface area contributed by atoms with E-state index >= 15 is 0 Å². The van der Waals surface area contributed by atoms with Crippen molar-refractivity contribution in [1.82, 2.24) is 0 Å². The first-order valence-corrected chi connectivity index (χ1v) is 45.2. The fourth-order valence-corrected chi connectivity index (χ4v) is 13.9. The van der Waals surface area contributed by atoms with Gasteiger partial charge in [-0.25, -0.2) is 9.13 Å². The summed E-state index contributed by atoms with van der Waals surface area (Å²) in [5.74, 6) is 0.175. The summed E-state index contributed by atoms with van der Waals surface area (Å²) in [7, 11) is -9.94. The van der Waals surface area contributed by atoms with E-state index in [1.807, 2.05) is 0 Å². The van der Waals surface area contributed by atoms with Crippen LogP contribution in [0, 0.1) is 17.8 Å². The molecule has 0 aliphatic heterocycles. The van der Waals surface area contributed by atoms with Crippen molar-refractivity contribution in [2.75, 3.05) is 39.6 Å². The Morgan fingerprint density at radius 3 is 0.794 bits per heavy atom. The zero-order valence-electron chi connectivity index (χ0n) is 66.6. The standard InChI is InChI=1S/C83H158O17P2/c1-8-9-10-11-12-13-14-15-19-27-32-37-44-52-59-66-82(87)99-78(70-93-80(85)64-57-50-43-36-31-26-22-17-16-20-24-29-34-40-47-54-61-74(2)3)72-97-101(89,90)95-68-77(84)69-96-102(91,92)98-73-79(71-94-81(86)65-58-51-46-39-42-49-56-63-76(6)7)100-83(88)67-60-53-45-38-33-28-23-18-21-25-30-35-41-48-55-62-75(4)5/h13-15,19,74-79,84H,8-12,16-18,20-73H2,1-7H3,(H,89,90)(H,91,92)/b14-13-,19-15-/t77?,78-,79-/m1/s1. The third-order valence-corrected chi connectivity index (χ3v) is 20.7. The number of ether oxygens (including phenoxy) is 4. The number of allylic oxidation sites excluding steroid dienone is 4. The molecule has 102 heavy (non-hydrogen) atoms. The minimum absolute atomic E-state index is 0.0852. The third kappa shape index (κ3) is 75.8. The maximum atomic E-state index is 13.1. The molecule has 0 rings (SSSR count). The molecule has 0 spiro atoms. The number of phosphoric acid groups is 2. The minimum Gasteiger partial charge on any atom is -0.462 e.